The topological polar surface area (TPSA) is 35.5 Å². The van der Waals surface area contributed by atoms with Gasteiger partial charge in [-0.25, -0.2) is 0 Å². The fraction of sp³-hybridized carbons (Fsp3) is 0.118. The van der Waals surface area contributed by atoms with Crippen molar-refractivity contribution < 1.29 is 14.3 Å². The van der Waals surface area contributed by atoms with Crippen LogP contribution in [0.25, 0.3) is 0 Å². The van der Waals surface area contributed by atoms with Crippen LogP contribution in [0.4, 0.5) is 0 Å². The second kappa shape index (κ2) is 7.51. The normalized spacial score (nSPS) is 9.43. The van der Waals surface area contributed by atoms with Crippen LogP contribution in [0.2, 0.25) is 0 Å². The summed E-state index contributed by atoms with van der Waals surface area (Å²) in [5.74, 6) is 7.22. The molecule has 0 radical (unpaired) electrons. The average Bonchev–Trinajstić information content (AvgIpc) is 2.53. The molecule has 2 aromatic carbocycles. The van der Waals surface area contributed by atoms with Crippen molar-refractivity contribution >= 4 is 22.2 Å². The Morgan fingerprint density at radius 3 is 2.62 bits per heavy atom. The number of aldehydes is 1. The number of carbonyl (C=O) groups is 1. The molecule has 0 fully saturated rings. The van der Waals surface area contributed by atoms with Gasteiger partial charge in [-0.15, -0.1) is 0 Å². The van der Waals surface area contributed by atoms with E-state index in [0.717, 1.165) is 22.1 Å². The Hall–Kier alpha value is -2.25. The second-order valence-electron chi connectivity index (χ2n) is 4.12. The first-order valence-corrected chi connectivity index (χ1v) is 7.02. The van der Waals surface area contributed by atoms with Crippen molar-refractivity contribution in [1.29, 1.82) is 0 Å². The predicted molar refractivity (Wildman–Crippen MR) is 84.9 cm³/mol. The van der Waals surface area contributed by atoms with Crippen molar-refractivity contribution in [3.05, 3.63) is 58.1 Å². The van der Waals surface area contributed by atoms with Gasteiger partial charge in [0.15, 0.2) is 6.29 Å². The second-order valence-corrected chi connectivity index (χ2v) is 5.03. The van der Waals surface area contributed by atoms with Crippen molar-refractivity contribution in [3.63, 3.8) is 0 Å². The Morgan fingerprint density at radius 1 is 1.19 bits per heavy atom. The van der Waals surface area contributed by atoms with E-state index in [4.69, 9.17) is 9.47 Å². The zero-order valence-corrected chi connectivity index (χ0v) is 13.0. The summed E-state index contributed by atoms with van der Waals surface area (Å²) in [6, 6.07) is 12.7. The van der Waals surface area contributed by atoms with E-state index < -0.39 is 0 Å². The third kappa shape index (κ3) is 4.37. The minimum atomic E-state index is 0.217. The minimum Gasteiger partial charge on any atom is -0.497 e. The van der Waals surface area contributed by atoms with E-state index in [0.29, 0.717) is 11.3 Å². The zero-order chi connectivity index (χ0) is 15.1. The molecule has 3 nitrogen and oxygen atoms in total. The average molecular weight is 345 g/mol. The number of ether oxygens (including phenoxy) is 2. The Balaban J connectivity index is 1.98. The molecule has 106 valence electrons. The first-order chi connectivity index (χ1) is 10.2. The Labute approximate surface area is 132 Å². The molecule has 21 heavy (non-hydrogen) atoms. The Bertz CT molecular complexity index is 681. The molecule has 2 rings (SSSR count). The van der Waals surface area contributed by atoms with Crippen LogP contribution in [0.3, 0.4) is 0 Å². The molecule has 2 aromatic rings. The van der Waals surface area contributed by atoms with Gasteiger partial charge in [-0.05, 0) is 42.5 Å². The monoisotopic (exact) mass is 344 g/mol. The van der Waals surface area contributed by atoms with Gasteiger partial charge >= 0.3 is 0 Å². The molecular formula is C17H13BrO3. The van der Waals surface area contributed by atoms with E-state index >= 15 is 0 Å². The lowest BCUT2D eigenvalue weighted by molar-refractivity contribution is 0.112. The van der Waals surface area contributed by atoms with Gasteiger partial charge in [0, 0.05) is 10.0 Å². The maximum Gasteiger partial charge on any atom is 0.153 e. The molecule has 0 unspecified atom stereocenters. The van der Waals surface area contributed by atoms with Crippen LogP contribution in [-0.4, -0.2) is 20.0 Å². The Kier molecular flexibility index (Phi) is 5.42. The molecule has 0 saturated heterocycles. The first-order valence-electron chi connectivity index (χ1n) is 6.23. The minimum absolute atomic E-state index is 0.217. The van der Waals surface area contributed by atoms with Gasteiger partial charge in [0.1, 0.15) is 18.1 Å². The SMILES string of the molecule is COc1ccc(C#CCOc2ccc(Br)cc2C=O)cc1. The van der Waals surface area contributed by atoms with E-state index in [9.17, 15) is 4.79 Å². The molecule has 0 aliphatic heterocycles. The summed E-state index contributed by atoms with van der Waals surface area (Å²) in [7, 11) is 1.62. The van der Waals surface area contributed by atoms with Gasteiger partial charge < -0.3 is 9.47 Å². The summed E-state index contributed by atoms with van der Waals surface area (Å²) in [4.78, 5) is 10.9. The molecule has 0 aromatic heterocycles. The number of hydrogen-bond acceptors (Lipinski definition) is 3. The van der Waals surface area contributed by atoms with Crippen molar-refractivity contribution in [2.45, 2.75) is 0 Å². The van der Waals surface area contributed by atoms with Gasteiger partial charge in [-0.1, -0.05) is 27.8 Å². The quantitative estimate of drug-likeness (QED) is 0.626. The molecule has 0 aliphatic rings. The highest BCUT2D eigenvalue weighted by Gasteiger charge is 2.02. The van der Waals surface area contributed by atoms with Crippen molar-refractivity contribution in [1.82, 2.24) is 0 Å². The molecular weight excluding hydrogens is 332 g/mol. The summed E-state index contributed by atoms with van der Waals surface area (Å²) >= 11 is 3.31. The van der Waals surface area contributed by atoms with Gasteiger partial charge in [0.05, 0.1) is 12.7 Å². The number of rotatable bonds is 4. The molecule has 0 N–H and O–H groups in total. The number of carbonyl (C=O) groups excluding carboxylic acids is 1. The lowest BCUT2D eigenvalue weighted by Crippen LogP contribution is -1.97. The van der Waals surface area contributed by atoms with E-state index in [-0.39, 0.29) is 6.61 Å². The van der Waals surface area contributed by atoms with Gasteiger partial charge in [0.2, 0.25) is 0 Å². The zero-order valence-electron chi connectivity index (χ0n) is 11.4. The number of hydrogen-bond donors (Lipinski definition) is 0. The largest absolute Gasteiger partial charge is 0.497 e. The fourth-order valence-electron chi connectivity index (χ4n) is 1.67. The maximum atomic E-state index is 10.9. The van der Waals surface area contributed by atoms with Crippen LogP contribution in [0.15, 0.2) is 46.9 Å². The van der Waals surface area contributed by atoms with E-state index in [2.05, 4.69) is 27.8 Å². The first kappa shape index (κ1) is 15.1. The molecule has 4 heteroatoms. The van der Waals surface area contributed by atoms with Crippen molar-refractivity contribution in [2.24, 2.45) is 0 Å². The highest BCUT2D eigenvalue weighted by atomic mass is 79.9. The molecule has 0 aliphatic carbocycles. The fourth-order valence-corrected chi connectivity index (χ4v) is 2.05. The number of halogens is 1. The standard InChI is InChI=1S/C17H13BrO3/c1-20-16-7-4-13(5-8-16)3-2-10-21-17-9-6-15(18)11-14(17)12-19/h4-9,11-12H,10H2,1H3. The number of benzene rings is 2. The predicted octanol–water partition coefficient (Wildman–Crippen LogP) is 3.70. The lowest BCUT2D eigenvalue weighted by atomic mass is 10.2. The van der Waals surface area contributed by atoms with E-state index in [1.165, 1.54) is 0 Å². The molecule has 0 spiro atoms. The molecule has 0 amide bonds. The van der Waals surface area contributed by atoms with E-state index in [1.54, 1.807) is 19.2 Å². The maximum absolute atomic E-state index is 10.9. The summed E-state index contributed by atoms with van der Waals surface area (Å²) < 4.78 is 11.4. The summed E-state index contributed by atoms with van der Waals surface area (Å²) in [5, 5.41) is 0. The lowest BCUT2D eigenvalue weighted by Gasteiger charge is -2.05. The van der Waals surface area contributed by atoms with Gasteiger partial charge in [-0.3, -0.25) is 4.79 Å². The highest BCUT2D eigenvalue weighted by molar-refractivity contribution is 9.10. The van der Waals surface area contributed by atoms with Crippen LogP contribution in [-0.2, 0) is 0 Å². The molecule has 0 saturated carbocycles. The van der Waals surface area contributed by atoms with Crippen molar-refractivity contribution in [2.75, 3.05) is 13.7 Å². The molecule has 0 atom stereocenters. The van der Waals surface area contributed by atoms with Crippen LogP contribution in [0.5, 0.6) is 11.5 Å². The molecule has 0 heterocycles. The van der Waals surface area contributed by atoms with Crippen molar-refractivity contribution in [3.8, 4) is 23.3 Å². The third-order valence-corrected chi connectivity index (χ3v) is 3.21. The Morgan fingerprint density at radius 2 is 1.95 bits per heavy atom. The van der Waals surface area contributed by atoms with Crippen LogP contribution in [0, 0.1) is 11.8 Å². The van der Waals surface area contributed by atoms with Crippen LogP contribution in [0.1, 0.15) is 15.9 Å². The smallest absolute Gasteiger partial charge is 0.153 e. The number of methoxy groups -OCH3 is 1. The highest BCUT2D eigenvalue weighted by Crippen LogP contribution is 2.21. The summed E-state index contributed by atoms with van der Waals surface area (Å²) in [6.45, 7) is 0.217. The molecule has 0 bridgehead atoms. The van der Waals surface area contributed by atoms with E-state index in [1.807, 2.05) is 30.3 Å². The summed E-state index contributed by atoms with van der Waals surface area (Å²) in [6.07, 6.45) is 0.761. The van der Waals surface area contributed by atoms with Gasteiger partial charge in [-0.2, -0.15) is 0 Å². The third-order valence-electron chi connectivity index (χ3n) is 2.72. The van der Waals surface area contributed by atoms with Crippen LogP contribution >= 0.6 is 15.9 Å². The summed E-state index contributed by atoms with van der Waals surface area (Å²) in [5.41, 5.74) is 1.38. The van der Waals surface area contributed by atoms with Crippen LogP contribution < -0.4 is 9.47 Å². The van der Waals surface area contributed by atoms with Gasteiger partial charge in [0.25, 0.3) is 0 Å².